The van der Waals surface area contributed by atoms with Crippen molar-refractivity contribution in [2.24, 2.45) is 21.7 Å². The second-order valence-corrected chi connectivity index (χ2v) is 37.9. The van der Waals surface area contributed by atoms with Gasteiger partial charge >= 0.3 is 23.9 Å². The molecule has 12 aliphatic carbocycles. The predicted octanol–water partition coefficient (Wildman–Crippen LogP) is 20.8. The fraction of sp³-hybridized carbons (Fsp3) is 0.313. The van der Waals surface area contributed by atoms with E-state index in [1.807, 2.05) is 56.7 Å². The van der Waals surface area contributed by atoms with Gasteiger partial charge in [-0.3, -0.25) is 39.6 Å². The van der Waals surface area contributed by atoms with E-state index in [2.05, 4.69) is 135 Å². The number of hydrogen-bond donors (Lipinski definition) is 7. The van der Waals surface area contributed by atoms with Crippen LogP contribution in [0.25, 0.3) is 121 Å². The summed E-state index contributed by atoms with van der Waals surface area (Å²) in [7, 11) is 1.46. The number of ether oxygens (including phenoxy) is 2. The van der Waals surface area contributed by atoms with Crippen LogP contribution >= 0.6 is 0 Å². The zero-order valence-electron chi connectivity index (χ0n) is 68.9. The number of fused-ring (bicyclic) bond motifs is 8. The Labute approximate surface area is 706 Å². The Balaban J connectivity index is 0.0000000984. The van der Waals surface area contributed by atoms with Crippen molar-refractivity contribution in [3.05, 3.63) is 252 Å². The van der Waals surface area contributed by atoms with Gasteiger partial charge in [0.05, 0.1) is 109 Å². The van der Waals surface area contributed by atoms with Crippen molar-refractivity contribution < 1.29 is 61.5 Å². The minimum Gasteiger partial charge on any atom is -0.481 e. The minimum absolute atomic E-state index is 0.0697. The molecular weight excluding hydrogens is 1580 g/mol. The molecule has 124 heavy (non-hydrogen) atoms. The van der Waals surface area contributed by atoms with Crippen molar-refractivity contribution in [3.8, 4) is 22.7 Å². The number of carboxylic acids is 3. The Morgan fingerprint density at radius 1 is 0.419 bits per heavy atom. The molecule has 8 aromatic heterocycles. The van der Waals surface area contributed by atoms with Gasteiger partial charge in [0, 0.05) is 118 Å². The Morgan fingerprint density at radius 3 is 1.02 bits per heavy atom. The molecule has 0 spiro atoms. The van der Waals surface area contributed by atoms with Crippen LogP contribution in [0.1, 0.15) is 174 Å². The molecule has 13 fully saturated rings. The third kappa shape index (κ3) is 10.9. The van der Waals surface area contributed by atoms with Crippen molar-refractivity contribution in [2.45, 2.75) is 151 Å². The van der Waals surface area contributed by atoms with Crippen LogP contribution in [0.3, 0.4) is 0 Å². The number of carbonyl (C=O) groups excluding carboxylic acids is 1. The summed E-state index contributed by atoms with van der Waals surface area (Å²) >= 11 is 0. The number of allylic oxidation sites excluding steroid dienone is 2. The number of esters is 1. The zero-order chi connectivity index (χ0) is 85.6. The number of hydrogen-bond acceptors (Lipinski definition) is 10. The molecule has 8 aromatic carbocycles. The number of nitrogens with zero attached hydrogens (tertiary/aromatic N) is 8. The maximum absolute atomic E-state index is 13.8. The topological polar surface area (TPSA) is 282 Å². The first-order valence-corrected chi connectivity index (χ1v) is 42.3. The number of aliphatic carboxylic acids is 3. The smallest absolute Gasteiger partial charge is 0.311 e. The highest BCUT2D eigenvalue weighted by Gasteiger charge is 2.77. The van der Waals surface area contributed by atoms with Crippen molar-refractivity contribution in [1.82, 2.24) is 59.1 Å². The summed E-state index contributed by atoms with van der Waals surface area (Å²) in [6.45, 7) is 18.3. The number of rotatable bonds is 16. The van der Waals surface area contributed by atoms with Crippen LogP contribution < -0.4 is 0 Å². The lowest BCUT2D eigenvalue weighted by Gasteiger charge is -2.69. The van der Waals surface area contributed by atoms with Crippen LogP contribution in [0, 0.1) is 44.9 Å². The summed E-state index contributed by atoms with van der Waals surface area (Å²) in [5, 5.41) is 66.6. The van der Waals surface area contributed by atoms with Crippen LogP contribution in [0.2, 0.25) is 0 Å². The minimum atomic E-state index is -0.695. The molecule has 0 radical (unpaired) electrons. The van der Waals surface area contributed by atoms with E-state index < -0.39 is 34.2 Å². The fourth-order valence-corrected chi connectivity index (χ4v) is 24.6. The SMILES string of the molecule is C=C(C)c1c(C23CC(C(=O)O)(C2)C3)c2cc3[nH]ncc3cc2n1-c1ccc(F)cc1.C=C(C)c1c(C23CC(C(=O)OC)(C2)C3)c2cc3[nH]ncc3cc2n1-c1ccc(F)cc1.CC(C)c1c(C23CC(C(=O)O)(C2)C3)c2cc3[nH]ncc3cc2n1-c1ccc(F)cc1.O=C(O)C12CC(c3c(C4CCOCC4)n(-c4ccc(F)cc4)c4cc5cn[nH]c5cc34)(C1)C2. The first kappa shape index (κ1) is 76.9. The molecule has 9 heterocycles. The van der Waals surface area contributed by atoms with Gasteiger partial charge in [-0.2, -0.15) is 20.4 Å². The molecule has 7 N–H and O–H groups in total. The lowest BCUT2D eigenvalue weighted by Crippen LogP contribution is -2.68. The second kappa shape index (κ2) is 26.7. The Bertz CT molecular complexity index is 7230. The quantitative estimate of drug-likeness (QED) is 0.0350. The maximum atomic E-state index is 13.8. The lowest BCUT2D eigenvalue weighted by atomic mass is 9.33. The van der Waals surface area contributed by atoms with Crippen molar-refractivity contribution in [2.75, 3.05) is 20.3 Å². The number of aromatic nitrogens is 12. The lowest BCUT2D eigenvalue weighted by molar-refractivity contribution is -0.197. The maximum Gasteiger partial charge on any atom is 0.311 e. The normalized spacial score (nSPS) is 25.2. The molecule has 13 aliphatic rings. The third-order valence-electron chi connectivity index (χ3n) is 29.7. The molecular formula is C99H88F4N12O9. The summed E-state index contributed by atoms with van der Waals surface area (Å²) in [6.07, 6.45) is 17.5. The molecule has 626 valence electrons. The Hall–Kier alpha value is -13.2. The number of H-pyrrole nitrogens is 4. The van der Waals surface area contributed by atoms with Crippen LogP contribution in [0.4, 0.5) is 17.6 Å². The molecule has 21 nitrogen and oxygen atoms in total. The second-order valence-electron chi connectivity index (χ2n) is 37.9. The fourth-order valence-electron chi connectivity index (χ4n) is 24.6. The third-order valence-corrected chi connectivity index (χ3v) is 29.7. The molecule has 25 heteroatoms. The molecule has 16 aromatic rings. The van der Waals surface area contributed by atoms with E-state index in [9.17, 15) is 52.1 Å². The van der Waals surface area contributed by atoms with Gasteiger partial charge in [-0.05, 0) is 289 Å². The van der Waals surface area contributed by atoms with Gasteiger partial charge in [0.2, 0.25) is 0 Å². The number of carbonyl (C=O) groups is 4. The number of methoxy groups -OCH3 is 1. The number of aromatic amines is 4. The summed E-state index contributed by atoms with van der Waals surface area (Å²) in [5.74, 6) is -2.69. The first-order valence-electron chi connectivity index (χ1n) is 42.3. The van der Waals surface area contributed by atoms with E-state index in [-0.39, 0.29) is 62.2 Å². The highest BCUT2D eigenvalue weighted by atomic mass is 19.1. The molecule has 12 saturated carbocycles. The van der Waals surface area contributed by atoms with Crippen molar-refractivity contribution in [1.29, 1.82) is 0 Å². The van der Waals surface area contributed by atoms with Gasteiger partial charge < -0.3 is 43.1 Å². The summed E-state index contributed by atoms with van der Waals surface area (Å²) in [6, 6.07) is 43.3. The molecule has 0 unspecified atom stereocenters. The number of halogens is 4. The van der Waals surface area contributed by atoms with E-state index in [1.54, 1.807) is 30.5 Å². The van der Waals surface area contributed by atoms with Gasteiger partial charge in [0.25, 0.3) is 0 Å². The average Bonchev–Trinajstić information content (AvgIpc) is 1.28. The highest BCUT2D eigenvalue weighted by molar-refractivity contribution is 6.06. The highest BCUT2D eigenvalue weighted by Crippen LogP contribution is 2.79. The number of nitrogens with one attached hydrogen (secondary N) is 4. The zero-order valence-corrected chi connectivity index (χ0v) is 68.9. The number of benzene rings is 8. The van der Waals surface area contributed by atoms with E-state index in [4.69, 9.17) is 9.47 Å². The largest absolute Gasteiger partial charge is 0.481 e. The van der Waals surface area contributed by atoms with Crippen LogP contribution in [0.15, 0.2) is 184 Å². The van der Waals surface area contributed by atoms with Crippen LogP contribution in [0.5, 0.6) is 0 Å². The molecule has 8 bridgehead atoms. The Morgan fingerprint density at radius 2 is 0.702 bits per heavy atom. The van der Waals surface area contributed by atoms with Gasteiger partial charge in [-0.25, -0.2) is 17.6 Å². The summed E-state index contributed by atoms with van der Waals surface area (Å²) in [5.41, 5.74) is 20.4. The predicted molar refractivity (Wildman–Crippen MR) is 465 cm³/mol. The summed E-state index contributed by atoms with van der Waals surface area (Å²) < 4.78 is 74.3. The van der Waals surface area contributed by atoms with Gasteiger partial charge in [-0.15, -0.1) is 0 Å². The monoisotopic (exact) mass is 1660 g/mol. The molecule has 1 saturated heterocycles. The van der Waals surface area contributed by atoms with Gasteiger partial charge in [0.15, 0.2) is 0 Å². The van der Waals surface area contributed by atoms with Crippen LogP contribution in [-0.2, 0) is 50.3 Å². The van der Waals surface area contributed by atoms with E-state index >= 15 is 0 Å². The van der Waals surface area contributed by atoms with Crippen molar-refractivity contribution >= 4 is 122 Å². The molecule has 0 amide bonds. The van der Waals surface area contributed by atoms with E-state index in [0.29, 0.717) is 76.9 Å². The molecule has 0 atom stereocenters. The van der Waals surface area contributed by atoms with Gasteiger partial charge in [-0.1, -0.05) is 27.0 Å². The van der Waals surface area contributed by atoms with Gasteiger partial charge in [0.1, 0.15) is 23.3 Å². The van der Waals surface area contributed by atoms with E-state index in [0.717, 1.165) is 170 Å². The van der Waals surface area contributed by atoms with Crippen molar-refractivity contribution in [3.63, 3.8) is 0 Å². The molecule has 1 aliphatic heterocycles. The standard InChI is InChI=1S/C26H24FN3O3.C25H22FN3O2.C24H22FN3O2.C24H20FN3O2/c27-17-1-3-18(4-2-17)30-21-9-16-11-28-29-20(16)10-19(21)22(23(30)15-5-7-33-8-6-15)25-12-26(13-25,14-25)24(31)32;1-14(2)22-21(24-11-25(12-24,13-24)23(30)31-3)18-9-19-15(10-27-28-19)8-20(18)29(22)17-6-4-16(26)5-7-17;2*1-13(2)21-20(23-10-24(11-23,12-23)22(29)30)17-8-18-14(9-26-27-18)7-19(17)28(21)16-5-3-15(25)4-6-16/h1-4,9-11,15H,5-8,12-14H2,(H,28,29)(H,31,32);4-10H,1,11-13H2,2-3H3,(H,27,28);3-9,13H,10-12H2,1-2H3,(H,26,27)(H,29,30);3-9H,1,10-12H2,2H3,(H,26,27)(H,29,30). The number of carboxylic acid groups (broad SMARTS) is 3. The Kier molecular flexibility index (Phi) is 16.6. The first-order chi connectivity index (χ1) is 59.5. The average molecular weight is 1670 g/mol. The van der Waals surface area contributed by atoms with E-state index in [1.165, 1.54) is 83.7 Å². The van der Waals surface area contributed by atoms with Crippen LogP contribution in [-0.4, -0.2) is 119 Å². The summed E-state index contributed by atoms with van der Waals surface area (Å²) in [4.78, 5) is 47.7. The molecule has 29 rings (SSSR count).